The summed E-state index contributed by atoms with van der Waals surface area (Å²) in [5.74, 6) is 0.0546. The van der Waals surface area contributed by atoms with Gasteiger partial charge >= 0.3 is 0 Å². The molecule has 5 heterocycles. The summed E-state index contributed by atoms with van der Waals surface area (Å²) in [6, 6.07) is 26.4. The number of amides is 1. The molecule has 0 bridgehead atoms. The number of ketones is 2. The fourth-order valence-electron chi connectivity index (χ4n) is 6.50. The van der Waals surface area contributed by atoms with Gasteiger partial charge in [-0.3, -0.25) is 19.8 Å². The number of nitrogens with zero attached hydrogens (tertiary/aromatic N) is 13. The first kappa shape index (κ1) is 66.1. The van der Waals surface area contributed by atoms with E-state index in [0.717, 1.165) is 18.2 Å². The Morgan fingerprint density at radius 1 is 0.682 bits per heavy atom. The Bertz CT molecular complexity index is 4090. The molecule has 1 amide bonds. The van der Waals surface area contributed by atoms with Gasteiger partial charge < -0.3 is 16.0 Å². The van der Waals surface area contributed by atoms with Gasteiger partial charge in [0, 0.05) is 50.3 Å². The van der Waals surface area contributed by atoms with Gasteiger partial charge in [0.2, 0.25) is 0 Å². The van der Waals surface area contributed by atoms with Gasteiger partial charge in [-0.05, 0) is 90.5 Å². The third-order valence-corrected chi connectivity index (χ3v) is 14.5. The van der Waals surface area contributed by atoms with E-state index in [9.17, 15) is 31.9 Å². The van der Waals surface area contributed by atoms with Crippen LogP contribution in [-0.4, -0.2) is 78.8 Å². The zero-order valence-corrected chi connectivity index (χ0v) is 48.9. The smallest absolute Gasteiger partial charge is 0.262 e. The fourth-order valence-corrected chi connectivity index (χ4v) is 9.48. The number of azide groups is 1. The van der Waals surface area contributed by atoms with Crippen molar-refractivity contribution in [3.05, 3.63) is 234 Å². The van der Waals surface area contributed by atoms with Gasteiger partial charge in [0.1, 0.15) is 34.8 Å². The SMILES string of the molecule is C#CCNC(=O)c1ccc(Cl)s1.CN(C)C(=N)c1ccc(-n2cc(CCC(=O)c3ccc(Cl)s3)nn2)c(F)c1.[C-]#[N+]c1ccc(-n2cc(CCC(=O)c3ccc(Cl)s3)nn2)c(F)c1.[C-]#[N+]c1ccc(N)c(F)c1.[C-]#[N+]c1ccc(N=[N+]=[N-])c(F)c1. The fraction of sp³-hybridized carbons (Fsp3) is 0.125. The van der Waals surface area contributed by atoms with E-state index in [2.05, 4.69) is 56.4 Å². The summed E-state index contributed by atoms with van der Waals surface area (Å²) < 4.78 is 58.1. The van der Waals surface area contributed by atoms with Crippen molar-refractivity contribution < 1.29 is 31.9 Å². The molecule has 0 atom stereocenters. The van der Waals surface area contributed by atoms with Crippen LogP contribution in [0.25, 0.3) is 36.4 Å². The highest BCUT2D eigenvalue weighted by Gasteiger charge is 2.16. The highest BCUT2D eigenvalue weighted by Crippen LogP contribution is 2.27. The minimum atomic E-state index is -0.679. The second-order valence-electron chi connectivity index (χ2n) is 16.8. The van der Waals surface area contributed by atoms with Crippen molar-refractivity contribution in [3.8, 4) is 23.7 Å². The quantitative estimate of drug-likeness (QED) is 0.00895. The molecule has 0 aliphatic rings. The Labute approximate surface area is 510 Å². The maximum Gasteiger partial charge on any atom is 0.262 e. The number of hydrogen-bond donors (Lipinski definition) is 3. The van der Waals surface area contributed by atoms with Gasteiger partial charge in [-0.25, -0.2) is 41.5 Å². The number of amidine groups is 1. The van der Waals surface area contributed by atoms with Gasteiger partial charge in [0.15, 0.2) is 28.6 Å². The maximum absolute atomic E-state index is 14.4. The average Bonchev–Trinajstić information content (AvgIpc) is 4.54. The predicted octanol–water partition coefficient (Wildman–Crippen LogP) is 15.4. The summed E-state index contributed by atoms with van der Waals surface area (Å²) in [6.07, 6.45) is 9.50. The van der Waals surface area contributed by atoms with E-state index < -0.39 is 23.3 Å². The lowest BCUT2D eigenvalue weighted by Gasteiger charge is -2.14. The molecule has 0 radical (unpaired) electrons. The standard InChI is InChI=1S/C18H17ClFN5OS.C16H10ClFN4OS.C8H6ClNOS.C7H3FN4.C7H5FN2/c1-24(2)18(21)11-3-5-14(13(20)9-11)25-10-12(22-23-25)4-6-15(26)16-7-8-17(19)27-16;1-19-10-2-4-13(12(18)8-10)22-9-11(20-21-22)3-5-14(23)15-6-7-16(17)24-15;1-2-5-10-8(11)6-3-4-7(9)12-6;1-10-5-2-3-7(11-12-9)6(8)4-5;1-10-5-2-3-7(9)6(8)4-5/h3,5,7-10,21H,4,6H2,1-2H3;2,4,6-9H,3,5H2;1,3-4H,5H2,(H,10,11);2-4H;2-4H,9H2. The molecule has 0 spiro atoms. The number of halogens is 7. The number of thiophene rings is 3. The summed E-state index contributed by atoms with van der Waals surface area (Å²) in [7, 11) is 3.45. The van der Waals surface area contributed by atoms with E-state index >= 15 is 0 Å². The van der Waals surface area contributed by atoms with Crippen molar-refractivity contribution >= 4 is 121 Å². The van der Waals surface area contributed by atoms with Gasteiger partial charge in [0.05, 0.1) is 94.7 Å². The van der Waals surface area contributed by atoms with Gasteiger partial charge in [-0.2, -0.15) is 0 Å². The summed E-state index contributed by atoms with van der Waals surface area (Å²) in [6.45, 7) is 20.2. The first-order chi connectivity index (χ1) is 40.7. The van der Waals surface area contributed by atoms with Crippen LogP contribution in [0, 0.1) is 60.7 Å². The van der Waals surface area contributed by atoms with Crippen LogP contribution in [0.4, 0.5) is 46.0 Å². The van der Waals surface area contributed by atoms with E-state index in [1.807, 2.05) is 0 Å². The molecule has 9 rings (SSSR count). The van der Waals surface area contributed by atoms with Crippen molar-refractivity contribution in [1.82, 2.24) is 40.2 Å². The van der Waals surface area contributed by atoms with Gasteiger partial charge in [-0.1, -0.05) is 80.5 Å². The number of aromatic nitrogens is 6. The Kier molecular flexibility index (Phi) is 25.5. The molecule has 9 aromatic rings. The molecule has 5 aromatic heterocycles. The third-order valence-electron chi connectivity index (χ3n) is 10.7. The highest BCUT2D eigenvalue weighted by atomic mass is 35.5. The summed E-state index contributed by atoms with van der Waals surface area (Å²) in [4.78, 5) is 50.4. The van der Waals surface area contributed by atoms with Gasteiger partial charge in [0.25, 0.3) is 5.91 Å². The zero-order chi connectivity index (χ0) is 62.2. The molecule has 4 aromatic carbocycles. The number of aryl methyl sites for hydroxylation is 2. The number of carbonyl (C=O) groups excluding carboxylic acids is 3. The Balaban J connectivity index is 0.000000206. The zero-order valence-electron chi connectivity index (χ0n) is 44.1. The number of nitrogens with two attached hydrogens (primary N) is 1. The number of nitrogen functional groups attached to an aromatic ring is 1. The number of nitrogens with one attached hydrogen (secondary N) is 2. The van der Waals surface area contributed by atoms with Crippen LogP contribution in [0.5, 0.6) is 0 Å². The van der Waals surface area contributed by atoms with Crippen molar-refractivity contribution in [1.29, 1.82) is 5.41 Å². The minimum Gasteiger partial charge on any atom is -0.396 e. The largest absolute Gasteiger partial charge is 0.396 e. The average molecular weight is 1260 g/mol. The lowest BCUT2D eigenvalue weighted by molar-refractivity contribution is 0.0959. The monoisotopic (exact) mass is 1260 g/mol. The normalized spacial score (nSPS) is 9.89. The van der Waals surface area contributed by atoms with E-state index in [-0.39, 0.29) is 82.5 Å². The Morgan fingerprint density at radius 3 is 1.54 bits per heavy atom. The molecule has 0 saturated carbocycles. The summed E-state index contributed by atoms with van der Waals surface area (Å²) in [5, 5.41) is 29.3. The van der Waals surface area contributed by atoms with E-state index in [1.54, 1.807) is 79.9 Å². The number of Topliss-reactive ketones (excluding diaryl/α,β-unsaturated/α-hetero) is 2. The molecular formula is C56H41Cl3F4N16O3S3. The topological polar surface area (TPSA) is 240 Å². The van der Waals surface area contributed by atoms with Crippen LogP contribution < -0.4 is 11.1 Å². The van der Waals surface area contributed by atoms with Crippen molar-refractivity contribution in [2.45, 2.75) is 25.7 Å². The summed E-state index contributed by atoms with van der Waals surface area (Å²) >= 11 is 21.0. The molecule has 85 heavy (non-hydrogen) atoms. The van der Waals surface area contributed by atoms with Crippen LogP contribution in [-0.2, 0) is 12.8 Å². The van der Waals surface area contributed by atoms with Crippen molar-refractivity contribution in [3.63, 3.8) is 0 Å². The number of rotatable bonds is 14. The molecular weight excluding hydrogens is 1220 g/mol. The summed E-state index contributed by atoms with van der Waals surface area (Å²) in [5.41, 5.74) is 15.9. The molecule has 29 heteroatoms. The lowest BCUT2D eigenvalue weighted by Crippen LogP contribution is -2.22. The van der Waals surface area contributed by atoms with Crippen LogP contribution in [0.3, 0.4) is 0 Å². The Hall–Kier alpha value is -9.73. The lowest BCUT2D eigenvalue weighted by atomic mass is 10.1. The number of hydrogen-bond acceptors (Lipinski definition) is 13. The van der Waals surface area contributed by atoms with Crippen molar-refractivity contribution in [2.24, 2.45) is 5.11 Å². The van der Waals surface area contributed by atoms with E-state index in [4.69, 9.17) is 77.6 Å². The van der Waals surface area contributed by atoms with Crippen LogP contribution in [0.1, 0.15) is 58.8 Å². The first-order valence-corrected chi connectivity index (χ1v) is 27.5. The van der Waals surface area contributed by atoms with Crippen LogP contribution in [0.15, 0.2) is 127 Å². The number of benzene rings is 4. The molecule has 0 saturated heterocycles. The highest BCUT2D eigenvalue weighted by molar-refractivity contribution is 7.18. The second-order valence-corrected chi connectivity index (χ2v) is 21.9. The van der Waals surface area contributed by atoms with Gasteiger partial charge in [-0.15, -0.1) is 50.6 Å². The molecule has 0 aliphatic carbocycles. The molecule has 430 valence electrons. The van der Waals surface area contributed by atoms with Crippen molar-refractivity contribution in [2.75, 3.05) is 26.4 Å². The molecule has 0 fully saturated rings. The molecule has 0 aliphatic heterocycles. The predicted molar refractivity (Wildman–Crippen MR) is 322 cm³/mol. The molecule has 0 unspecified atom stereocenters. The van der Waals surface area contributed by atoms with Crippen LogP contribution in [0.2, 0.25) is 13.0 Å². The number of terminal acetylenes is 1. The van der Waals surface area contributed by atoms with E-state index in [1.165, 1.54) is 85.8 Å². The first-order valence-electron chi connectivity index (χ1n) is 23.9. The number of carbonyl (C=O) groups is 3. The molecule has 19 nitrogen and oxygen atoms in total. The maximum atomic E-state index is 14.4. The molecule has 4 N–H and O–H groups in total. The number of anilines is 1. The van der Waals surface area contributed by atoms with Crippen LogP contribution >= 0.6 is 68.8 Å². The minimum absolute atomic E-state index is 0.0146. The second kappa shape index (κ2) is 32.8. The third kappa shape index (κ3) is 20.3. The Morgan fingerprint density at radius 2 is 1.13 bits per heavy atom. The van der Waals surface area contributed by atoms with E-state index in [0.29, 0.717) is 57.4 Å².